The van der Waals surface area contributed by atoms with Crippen LogP contribution in [0.15, 0.2) is 12.1 Å². The van der Waals surface area contributed by atoms with Crippen LogP contribution in [0.2, 0.25) is 5.02 Å². The van der Waals surface area contributed by atoms with Gasteiger partial charge >= 0.3 is 5.97 Å². The molecule has 0 fully saturated rings. The predicted molar refractivity (Wildman–Crippen MR) is 71.6 cm³/mol. The number of rotatable bonds is 4. The molecule has 0 saturated heterocycles. The quantitative estimate of drug-likeness (QED) is 0.881. The van der Waals surface area contributed by atoms with E-state index < -0.39 is 17.8 Å². The van der Waals surface area contributed by atoms with Crippen LogP contribution in [-0.2, 0) is 4.79 Å². The Hall–Kier alpha value is -1.95. The SMILES string of the molecule is C[C@@H](CNC(=O)c1cc(Cl)c2c(c1)OCCO2)C(=O)O. The number of halogens is 1. The lowest BCUT2D eigenvalue weighted by atomic mass is 10.1. The lowest BCUT2D eigenvalue weighted by Gasteiger charge is -2.20. The molecule has 0 unspecified atom stereocenters. The van der Waals surface area contributed by atoms with Crippen molar-refractivity contribution < 1.29 is 24.2 Å². The van der Waals surface area contributed by atoms with Gasteiger partial charge in [-0.05, 0) is 12.1 Å². The summed E-state index contributed by atoms with van der Waals surface area (Å²) in [6.07, 6.45) is 0. The highest BCUT2D eigenvalue weighted by Gasteiger charge is 2.20. The average Bonchev–Trinajstić information content (AvgIpc) is 2.44. The summed E-state index contributed by atoms with van der Waals surface area (Å²) in [4.78, 5) is 22.6. The highest BCUT2D eigenvalue weighted by molar-refractivity contribution is 6.32. The minimum atomic E-state index is -0.967. The maximum atomic E-state index is 12.0. The van der Waals surface area contributed by atoms with Crippen LogP contribution in [0.25, 0.3) is 0 Å². The van der Waals surface area contributed by atoms with E-state index in [2.05, 4.69) is 5.32 Å². The molecule has 2 N–H and O–H groups in total. The molecule has 20 heavy (non-hydrogen) atoms. The molecule has 6 nitrogen and oxygen atoms in total. The first kappa shape index (κ1) is 14.5. The van der Waals surface area contributed by atoms with Crippen LogP contribution in [0.1, 0.15) is 17.3 Å². The monoisotopic (exact) mass is 299 g/mol. The first-order valence-corrected chi connectivity index (χ1v) is 6.47. The summed E-state index contributed by atoms with van der Waals surface area (Å²) < 4.78 is 10.7. The van der Waals surface area contributed by atoms with Gasteiger partial charge in [-0.3, -0.25) is 9.59 Å². The van der Waals surface area contributed by atoms with Crippen molar-refractivity contribution in [1.29, 1.82) is 0 Å². The number of amides is 1. The van der Waals surface area contributed by atoms with Crippen LogP contribution in [0.4, 0.5) is 0 Å². The normalized spacial score (nSPS) is 14.5. The molecule has 1 aliphatic rings. The third-order valence-electron chi connectivity index (χ3n) is 2.85. The third kappa shape index (κ3) is 3.14. The maximum Gasteiger partial charge on any atom is 0.308 e. The molecule has 0 bridgehead atoms. The number of nitrogens with one attached hydrogen (secondary N) is 1. The van der Waals surface area contributed by atoms with Crippen molar-refractivity contribution in [2.75, 3.05) is 19.8 Å². The van der Waals surface area contributed by atoms with Crippen molar-refractivity contribution >= 4 is 23.5 Å². The Kier molecular flexibility index (Phi) is 4.34. The second-order valence-corrected chi connectivity index (χ2v) is 4.84. The van der Waals surface area contributed by atoms with E-state index in [-0.39, 0.29) is 6.54 Å². The number of carboxylic acid groups (broad SMARTS) is 1. The van der Waals surface area contributed by atoms with Crippen LogP contribution in [-0.4, -0.2) is 36.7 Å². The van der Waals surface area contributed by atoms with Gasteiger partial charge in [0.15, 0.2) is 11.5 Å². The van der Waals surface area contributed by atoms with Gasteiger partial charge in [0, 0.05) is 12.1 Å². The van der Waals surface area contributed by atoms with Crippen LogP contribution in [0.3, 0.4) is 0 Å². The van der Waals surface area contributed by atoms with Gasteiger partial charge in [0.05, 0.1) is 10.9 Å². The van der Waals surface area contributed by atoms with Gasteiger partial charge in [0.2, 0.25) is 0 Å². The van der Waals surface area contributed by atoms with Crippen molar-refractivity contribution in [1.82, 2.24) is 5.32 Å². The number of fused-ring (bicyclic) bond motifs is 1. The summed E-state index contributed by atoms with van der Waals surface area (Å²) in [6.45, 7) is 2.36. The molecule has 0 aromatic heterocycles. The molecule has 0 aliphatic carbocycles. The van der Waals surface area contributed by atoms with E-state index in [4.69, 9.17) is 26.2 Å². The predicted octanol–water partition coefficient (Wildman–Crippen LogP) is 1.56. The fourth-order valence-electron chi connectivity index (χ4n) is 1.68. The number of benzene rings is 1. The van der Waals surface area contributed by atoms with E-state index in [0.29, 0.717) is 35.3 Å². The van der Waals surface area contributed by atoms with Gasteiger partial charge in [-0.2, -0.15) is 0 Å². The molecular formula is C13H14ClNO5. The van der Waals surface area contributed by atoms with Gasteiger partial charge in [0.25, 0.3) is 5.91 Å². The van der Waals surface area contributed by atoms with Gasteiger partial charge in [0.1, 0.15) is 13.2 Å². The summed E-state index contributed by atoms with van der Waals surface area (Å²) in [5.74, 6) is -1.19. The van der Waals surface area contributed by atoms with Crippen molar-refractivity contribution in [3.8, 4) is 11.5 Å². The Morgan fingerprint density at radius 1 is 1.40 bits per heavy atom. The molecule has 0 saturated carbocycles. The lowest BCUT2D eigenvalue weighted by Crippen LogP contribution is -2.31. The molecule has 1 aromatic carbocycles. The standard InChI is InChI=1S/C13H14ClNO5/c1-7(13(17)18)6-15-12(16)8-4-9(14)11-10(5-8)19-2-3-20-11/h4-5,7H,2-3,6H2,1H3,(H,15,16)(H,17,18)/t7-/m0/s1. The number of aliphatic carboxylic acids is 1. The third-order valence-corrected chi connectivity index (χ3v) is 3.13. The highest BCUT2D eigenvalue weighted by Crippen LogP contribution is 2.38. The Morgan fingerprint density at radius 2 is 2.10 bits per heavy atom. The van der Waals surface area contributed by atoms with Gasteiger partial charge in [-0.25, -0.2) is 0 Å². The fraction of sp³-hybridized carbons (Fsp3) is 0.385. The fourth-order valence-corrected chi connectivity index (χ4v) is 1.94. The Balaban J connectivity index is 2.10. The van der Waals surface area contributed by atoms with E-state index in [1.807, 2.05) is 0 Å². The first-order valence-electron chi connectivity index (χ1n) is 6.09. The first-order chi connectivity index (χ1) is 9.49. The van der Waals surface area contributed by atoms with E-state index >= 15 is 0 Å². The molecule has 0 spiro atoms. The van der Waals surface area contributed by atoms with Crippen LogP contribution in [0, 0.1) is 5.92 Å². The smallest absolute Gasteiger partial charge is 0.308 e. The van der Waals surface area contributed by atoms with Crippen LogP contribution >= 0.6 is 11.6 Å². The second-order valence-electron chi connectivity index (χ2n) is 4.43. The van der Waals surface area contributed by atoms with Crippen LogP contribution in [0.5, 0.6) is 11.5 Å². The largest absolute Gasteiger partial charge is 0.486 e. The molecule has 1 aromatic rings. The molecular weight excluding hydrogens is 286 g/mol. The summed E-state index contributed by atoms with van der Waals surface area (Å²) in [6, 6.07) is 3.00. The van der Waals surface area contributed by atoms with Gasteiger partial charge in [-0.1, -0.05) is 18.5 Å². The summed E-state index contributed by atoms with van der Waals surface area (Å²) in [5.41, 5.74) is 0.303. The number of carboxylic acids is 1. The molecule has 7 heteroatoms. The molecule has 1 amide bonds. The van der Waals surface area contributed by atoms with E-state index in [0.717, 1.165) is 0 Å². The zero-order valence-electron chi connectivity index (χ0n) is 10.8. The van der Waals surface area contributed by atoms with Gasteiger partial charge < -0.3 is 19.9 Å². The zero-order chi connectivity index (χ0) is 14.7. The summed E-state index contributed by atoms with van der Waals surface area (Å²) >= 11 is 6.03. The Morgan fingerprint density at radius 3 is 2.80 bits per heavy atom. The number of carbonyl (C=O) groups excluding carboxylic acids is 1. The molecule has 1 aliphatic heterocycles. The summed E-state index contributed by atoms with van der Waals surface area (Å²) in [5, 5.41) is 11.6. The second kappa shape index (κ2) is 6.00. The maximum absolute atomic E-state index is 12.0. The van der Waals surface area contributed by atoms with Crippen molar-refractivity contribution in [2.45, 2.75) is 6.92 Å². The Bertz CT molecular complexity index is 546. The van der Waals surface area contributed by atoms with Crippen molar-refractivity contribution in [3.05, 3.63) is 22.7 Å². The van der Waals surface area contributed by atoms with Crippen molar-refractivity contribution in [2.24, 2.45) is 5.92 Å². The Labute approximate surface area is 120 Å². The highest BCUT2D eigenvalue weighted by atomic mass is 35.5. The van der Waals surface area contributed by atoms with Gasteiger partial charge in [-0.15, -0.1) is 0 Å². The molecule has 1 atom stereocenters. The van der Waals surface area contributed by atoms with E-state index in [9.17, 15) is 9.59 Å². The van der Waals surface area contributed by atoms with Crippen molar-refractivity contribution in [3.63, 3.8) is 0 Å². The van der Waals surface area contributed by atoms with E-state index in [1.165, 1.54) is 19.1 Å². The molecule has 108 valence electrons. The molecule has 0 radical (unpaired) electrons. The topological polar surface area (TPSA) is 84.9 Å². The minimum absolute atomic E-state index is 0.0419. The van der Waals surface area contributed by atoms with E-state index in [1.54, 1.807) is 0 Å². The number of ether oxygens (including phenoxy) is 2. The number of hydrogen-bond acceptors (Lipinski definition) is 4. The molecule has 1 heterocycles. The number of carbonyl (C=O) groups is 2. The molecule has 2 rings (SSSR count). The minimum Gasteiger partial charge on any atom is -0.486 e. The van der Waals surface area contributed by atoms with Crippen LogP contribution < -0.4 is 14.8 Å². The average molecular weight is 300 g/mol. The number of hydrogen-bond donors (Lipinski definition) is 2. The summed E-state index contributed by atoms with van der Waals surface area (Å²) in [7, 11) is 0. The lowest BCUT2D eigenvalue weighted by molar-refractivity contribution is -0.140. The zero-order valence-corrected chi connectivity index (χ0v) is 11.6.